The van der Waals surface area contributed by atoms with Crippen LogP contribution in [-0.4, -0.2) is 16.0 Å². The van der Waals surface area contributed by atoms with E-state index in [0.29, 0.717) is 11.3 Å². The summed E-state index contributed by atoms with van der Waals surface area (Å²) < 4.78 is 13.0. The molecule has 3 aromatic rings. The highest BCUT2D eigenvalue weighted by Gasteiger charge is 2.09. The molecule has 0 unspecified atom stereocenters. The van der Waals surface area contributed by atoms with E-state index in [9.17, 15) is 14.3 Å². The number of halogens is 1. The molecule has 1 amide bonds. The van der Waals surface area contributed by atoms with Crippen molar-refractivity contribution in [1.29, 1.82) is 0 Å². The monoisotopic (exact) mass is 284 g/mol. The molecular weight excluding hydrogens is 271 g/mol. The summed E-state index contributed by atoms with van der Waals surface area (Å²) in [4.78, 5) is 15.0. The molecule has 3 N–H and O–H groups in total. The molecule has 0 spiro atoms. The van der Waals surface area contributed by atoms with Crippen molar-refractivity contribution < 1.29 is 14.3 Å². The molecular formula is C16H13FN2O2. The Labute approximate surface area is 120 Å². The Kier molecular flexibility index (Phi) is 3.31. The lowest BCUT2D eigenvalue weighted by molar-refractivity contribution is 0.0946. The van der Waals surface area contributed by atoms with Crippen LogP contribution in [0.4, 0.5) is 4.39 Å². The second-order valence-electron chi connectivity index (χ2n) is 4.77. The average Bonchev–Trinajstić information content (AvgIpc) is 2.88. The minimum Gasteiger partial charge on any atom is -0.508 e. The fraction of sp³-hybridized carbons (Fsp3) is 0.0625. The second-order valence-corrected chi connectivity index (χ2v) is 4.77. The normalized spacial score (nSPS) is 10.7. The van der Waals surface area contributed by atoms with E-state index in [0.717, 1.165) is 10.9 Å². The van der Waals surface area contributed by atoms with E-state index < -0.39 is 0 Å². The summed E-state index contributed by atoms with van der Waals surface area (Å²) in [6, 6.07) is 12.6. The van der Waals surface area contributed by atoms with Crippen molar-refractivity contribution in [3.63, 3.8) is 0 Å². The van der Waals surface area contributed by atoms with E-state index in [4.69, 9.17) is 0 Å². The molecule has 0 atom stereocenters. The number of rotatable bonds is 3. The number of amides is 1. The minimum absolute atomic E-state index is 0.146. The van der Waals surface area contributed by atoms with Crippen LogP contribution in [0, 0.1) is 5.82 Å². The molecule has 21 heavy (non-hydrogen) atoms. The summed E-state index contributed by atoms with van der Waals surface area (Å²) in [5.74, 6) is -0.467. The molecule has 0 bridgehead atoms. The predicted molar refractivity (Wildman–Crippen MR) is 77.5 cm³/mol. The molecule has 106 valence electrons. The third-order valence-electron chi connectivity index (χ3n) is 3.19. The first-order valence-electron chi connectivity index (χ1n) is 6.46. The molecule has 0 fully saturated rings. The lowest BCUT2D eigenvalue weighted by atomic mass is 10.2. The second kappa shape index (κ2) is 5.28. The fourth-order valence-electron chi connectivity index (χ4n) is 2.17. The molecule has 0 aliphatic heterocycles. The van der Waals surface area contributed by atoms with Gasteiger partial charge in [0.2, 0.25) is 0 Å². The number of aromatic hydroxyl groups is 1. The maximum absolute atomic E-state index is 13.0. The number of aromatic amines is 1. The third kappa shape index (κ3) is 2.86. The molecule has 0 saturated heterocycles. The van der Waals surface area contributed by atoms with Crippen molar-refractivity contribution in [2.24, 2.45) is 0 Å². The first-order valence-corrected chi connectivity index (χ1v) is 6.46. The number of phenols is 1. The van der Waals surface area contributed by atoms with Gasteiger partial charge in [0, 0.05) is 17.4 Å². The summed E-state index contributed by atoms with van der Waals surface area (Å²) in [5, 5.41) is 12.9. The van der Waals surface area contributed by atoms with E-state index in [-0.39, 0.29) is 24.0 Å². The van der Waals surface area contributed by atoms with Gasteiger partial charge in [-0.3, -0.25) is 4.79 Å². The lowest BCUT2D eigenvalue weighted by Crippen LogP contribution is -2.23. The maximum Gasteiger partial charge on any atom is 0.267 e. The summed E-state index contributed by atoms with van der Waals surface area (Å²) in [6.45, 7) is 0.247. The Bertz CT molecular complexity index is 811. The van der Waals surface area contributed by atoms with Gasteiger partial charge in [-0.1, -0.05) is 12.1 Å². The molecule has 2 aromatic carbocycles. The number of benzene rings is 2. The van der Waals surface area contributed by atoms with Crippen LogP contribution in [0.2, 0.25) is 0 Å². The van der Waals surface area contributed by atoms with Crippen LogP contribution in [0.15, 0.2) is 48.5 Å². The van der Waals surface area contributed by atoms with Gasteiger partial charge in [0.25, 0.3) is 5.91 Å². The zero-order chi connectivity index (χ0) is 14.8. The van der Waals surface area contributed by atoms with Crippen molar-refractivity contribution in [1.82, 2.24) is 10.3 Å². The molecule has 0 aliphatic carbocycles. The minimum atomic E-state index is -0.331. The van der Waals surface area contributed by atoms with Crippen molar-refractivity contribution in [2.75, 3.05) is 0 Å². The molecule has 0 radical (unpaired) electrons. The van der Waals surface area contributed by atoms with Gasteiger partial charge in [-0.2, -0.15) is 0 Å². The highest BCUT2D eigenvalue weighted by atomic mass is 19.1. The van der Waals surface area contributed by atoms with Gasteiger partial charge in [-0.15, -0.1) is 0 Å². The van der Waals surface area contributed by atoms with E-state index in [1.807, 2.05) is 0 Å². The number of nitrogens with one attached hydrogen (secondary N) is 2. The average molecular weight is 284 g/mol. The summed E-state index contributed by atoms with van der Waals surface area (Å²) >= 11 is 0. The summed E-state index contributed by atoms with van der Waals surface area (Å²) in [7, 11) is 0. The van der Waals surface area contributed by atoms with E-state index >= 15 is 0 Å². The first kappa shape index (κ1) is 13.2. The third-order valence-corrected chi connectivity index (χ3v) is 3.19. The van der Waals surface area contributed by atoms with Gasteiger partial charge in [-0.05, 0) is 42.0 Å². The highest BCUT2D eigenvalue weighted by molar-refractivity contribution is 5.98. The standard InChI is InChI=1S/C16H13FN2O2/c17-12-3-1-2-10(6-12)9-18-16(21)15-8-11-7-13(20)4-5-14(11)19-15/h1-8,19-20H,9H2,(H,18,21). The number of aromatic nitrogens is 1. The molecule has 5 heteroatoms. The summed E-state index contributed by atoms with van der Waals surface area (Å²) in [6.07, 6.45) is 0. The Hall–Kier alpha value is -2.82. The smallest absolute Gasteiger partial charge is 0.267 e. The molecule has 0 saturated carbocycles. The highest BCUT2D eigenvalue weighted by Crippen LogP contribution is 2.20. The lowest BCUT2D eigenvalue weighted by Gasteiger charge is -2.03. The molecule has 3 rings (SSSR count). The number of H-pyrrole nitrogens is 1. The number of carbonyl (C=O) groups is 1. The molecule has 0 aliphatic rings. The number of hydrogen-bond acceptors (Lipinski definition) is 2. The Morgan fingerprint density at radius 2 is 2.05 bits per heavy atom. The van der Waals surface area contributed by atoms with Crippen LogP contribution in [0.3, 0.4) is 0 Å². The predicted octanol–water partition coefficient (Wildman–Crippen LogP) is 2.94. The Morgan fingerprint density at radius 1 is 1.19 bits per heavy atom. The van der Waals surface area contributed by atoms with Crippen molar-refractivity contribution >= 4 is 16.8 Å². The molecule has 1 heterocycles. The van der Waals surface area contributed by atoms with Gasteiger partial charge in [0.1, 0.15) is 17.3 Å². The SMILES string of the molecule is O=C(NCc1cccc(F)c1)c1cc2cc(O)ccc2[nH]1. The first-order chi connectivity index (χ1) is 10.1. The summed E-state index contributed by atoms with van der Waals surface area (Å²) in [5.41, 5.74) is 1.85. The van der Waals surface area contributed by atoms with Gasteiger partial charge in [0.05, 0.1) is 0 Å². The zero-order valence-corrected chi connectivity index (χ0v) is 11.1. The quantitative estimate of drug-likeness (QED) is 0.692. The molecule has 4 nitrogen and oxygen atoms in total. The van der Waals surface area contributed by atoms with E-state index in [1.165, 1.54) is 12.1 Å². The number of carbonyl (C=O) groups excluding carboxylic acids is 1. The van der Waals surface area contributed by atoms with E-state index in [1.54, 1.807) is 36.4 Å². The largest absolute Gasteiger partial charge is 0.508 e. The number of hydrogen-bond donors (Lipinski definition) is 3. The van der Waals surface area contributed by atoms with Gasteiger partial charge in [0.15, 0.2) is 0 Å². The van der Waals surface area contributed by atoms with E-state index in [2.05, 4.69) is 10.3 Å². The fourth-order valence-corrected chi connectivity index (χ4v) is 2.17. The van der Waals surface area contributed by atoms with Gasteiger partial charge < -0.3 is 15.4 Å². The van der Waals surface area contributed by atoms with Crippen molar-refractivity contribution in [3.8, 4) is 5.75 Å². The molecule has 1 aromatic heterocycles. The van der Waals surface area contributed by atoms with Crippen LogP contribution in [0.5, 0.6) is 5.75 Å². The van der Waals surface area contributed by atoms with Crippen molar-refractivity contribution in [3.05, 3.63) is 65.6 Å². The van der Waals surface area contributed by atoms with Crippen molar-refractivity contribution in [2.45, 2.75) is 6.54 Å². The van der Waals surface area contributed by atoms with Crippen LogP contribution in [0.1, 0.15) is 16.1 Å². The maximum atomic E-state index is 13.0. The topological polar surface area (TPSA) is 65.1 Å². The van der Waals surface area contributed by atoms with Gasteiger partial charge in [-0.25, -0.2) is 4.39 Å². The van der Waals surface area contributed by atoms with Crippen LogP contribution in [-0.2, 0) is 6.54 Å². The Balaban J connectivity index is 1.74. The van der Waals surface area contributed by atoms with Crippen LogP contribution in [0.25, 0.3) is 10.9 Å². The number of phenolic OH excluding ortho intramolecular Hbond substituents is 1. The van der Waals surface area contributed by atoms with Crippen LogP contribution < -0.4 is 5.32 Å². The van der Waals surface area contributed by atoms with Crippen LogP contribution >= 0.6 is 0 Å². The van der Waals surface area contributed by atoms with Gasteiger partial charge >= 0.3 is 0 Å². The Morgan fingerprint density at radius 3 is 2.86 bits per heavy atom. The number of fused-ring (bicyclic) bond motifs is 1. The zero-order valence-electron chi connectivity index (χ0n) is 11.1.